The van der Waals surface area contributed by atoms with Crippen molar-refractivity contribution in [3.05, 3.63) is 30.1 Å². The van der Waals surface area contributed by atoms with Gasteiger partial charge in [0, 0.05) is 30.4 Å². The minimum Gasteiger partial charge on any atom is -0.326 e. The van der Waals surface area contributed by atoms with E-state index in [4.69, 9.17) is 5.73 Å². The average molecular weight is 221 g/mol. The number of rotatable bonds is 7. The van der Waals surface area contributed by atoms with Crippen LogP contribution < -0.4 is 11.1 Å². The van der Waals surface area contributed by atoms with E-state index >= 15 is 0 Å². The van der Waals surface area contributed by atoms with Crippen LogP contribution in [0.25, 0.3) is 0 Å². The first-order valence-corrected chi connectivity index (χ1v) is 5.97. The van der Waals surface area contributed by atoms with Gasteiger partial charge in [0.25, 0.3) is 0 Å². The summed E-state index contributed by atoms with van der Waals surface area (Å²) in [6.07, 6.45) is 5.02. The zero-order valence-electron chi connectivity index (χ0n) is 10.4. The lowest BCUT2D eigenvalue weighted by Crippen LogP contribution is -2.33. The third-order valence-corrected chi connectivity index (χ3v) is 2.46. The predicted octanol–water partition coefficient (Wildman–Crippen LogP) is 1.73. The molecule has 0 fully saturated rings. The lowest BCUT2D eigenvalue weighted by molar-refractivity contribution is 0.449. The van der Waals surface area contributed by atoms with Crippen LogP contribution in [0.5, 0.6) is 0 Å². The first kappa shape index (κ1) is 13.1. The highest BCUT2D eigenvalue weighted by Crippen LogP contribution is 2.05. The predicted molar refractivity (Wildman–Crippen MR) is 68.3 cm³/mol. The van der Waals surface area contributed by atoms with Gasteiger partial charge in [-0.05, 0) is 45.4 Å². The van der Waals surface area contributed by atoms with E-state index in [1.54, 1.807) is 0 Å². The van der Waals surface area contributed by atoms with E-state index in [0.717, 1.165) is 38.0 Å². The van der Waals surface area contributed by atoms with E-state index in [-0.39, 0.29) is 5.54 Å². The fraction of sp³-hybridized carbons (Fsp3) is 0.615. The highest BCUT2D eigenvalue weighted by atomic mass is 14.9. The van der Waals surface area contributed by atoms with Crippen molar-refractivity contribution in [3.8, 4) is 0 Å². The van der Waals surface area contributed by atoms with Crippen LogP contribution in [0.2, 0.25) is 0 Å². The molecule has 0 saturated carbocycles. The van der Waals surface area contributed by atoms with E-state index in [0.29, 0.717) is 0 Å². The average Bonchev–Trinajstić information content (AvgIpc) is 2.23. The minimum absolute atomic E-state index is 0.0390. The van der Waals surface area contributed by atoms with E-state index in [1.165, 1.54) is 0 Å². The largest absolute Gasteiger partial charge is 0.326 e. The molecule has 0 aliphatic heterocycles. The molecule has 0 radical (unpaired) electrons. The van der Waals surface area contributed by atoms with E-state index in [1.807, 2.05) is 18.3 Å². The van der Waals surface area contributed by atoms with Crippen molar-refractivity contribution >= 4 is 0 Å². The van der Waals surface area contributed by atoms with Crippen LogP contribution in [0.15, 0.2) is 24.4 Å². The Morgan fingerprint density at radius 2 is 2.12 bits per heavy atom. The molecule has 1 rings (SSSR count). The van der Waals surface area contributed by atoms with Crippen molar-refractivity contribution in [1.29, 1.82) is 0 Å². The first-order chi connectivity index (χ1) is 7.58. The Morgan fingerprint density at radius 1 is 1.31 bits per heavy atom. The molecule has 0 amide bonds. The number of pyridine rings is 1. The molecule has 0 aromatic carbocycles. The quantitative estimate of drug-likeness (QED) is 0.689. The maximum Gasteiger partial charge on any atom is 0.0416 e. The summed E-state index contributed by atoms with van der Waals surface area (Å²) in [4.78, 5) is 4.28. The summed E-state index contributed by atoms with van der Waals surface area (Å²) in [6.45, 7) is 6.16. The number of hydrogen-bond acceptors (Lipinski definition) is 3. The molecular formula is C13H23N3. The monoisotopic (exact) mass is 221 g/mol. The van der Waals surface area contributed by atoms with Gasteiger partial charge in [0.2, 0.25) is 0 Å². The normalized spacial score (nSPS) is 11.7. The molecule has 0 spiro atoms. The number of aromatic nitrogens is 1. The van der Waals surface area contributed by atoms with Crippen LogP contribution in [0.4, 0.5) is 0 Å². The van der Waals surface area contributed by atoms with Crippen molar-refractivity contribution in [2.75, 3.05) is 13.1 Å². The molecule has 3 N–H and O–H groups in total. The summed E-state index contributed by atoms with van der Waals surface area (Å²) < 4.78 is 0. The Balaban J connectivity index is 2.01. The van der Waals surface area contributed by atoms with Gasteiger partial charge in [-0.15, -0.1) is 0 Å². The number of nitrogens with one attached hydrogen (secondary N) is 1. The minimum atomic E-state index is -0.0390. The van der Waals surface area contributed by atoms with Gasteiger partial charge in [0.05, 0.1) is 0 Å². The second kappa shape index (κ2) is 6.61. The molecule has 1 aromatic heterocycles. The Bertz CT molecular complexity index is 277. The summed E-state index contributed by atoms with van der Waals surface area (Å²) in [5, 5.41) is 3.41. The summed E-state index contributed by atoms with van der Waals surface area (Å²) in [6, 6.07) is 6.03. The topological polar surface area (TPSA) is 50.9 Å². The van der Waals surface area contributed by atoms with Crippen molar-refractivity contribution < 1.29 is 0 Å². The smallest absolute Gasteiger partial charge is 0.0416 e. The highest BCUT2D eigenvalue weighted by Gasteiger charge is 2.08. The van der Waals surface area contributed by atoms with Gasteiger partial charge in [0.15, 0.2) is 0 Å². The van der Waals surface area contributed by atoms with Gasteiger partial charge in [-0.2, -0.15) is 0 Å². The summed E-state index contributed by atoms with van der Waals surface area (Å²) in [7, 11) is 0. The van der Waals surface area contributed by atoms with Crippen LogP contribution in [0, 0.1) is 0 Å². The lowest BCUT2D eigenvalue weighted by Gasteiger charge is -2.17. The Hall–Kier alpha value is -0.930. The number of nitrogens with zero attached hydrogens (tertiary/aromatic N) is 1. The van der Waals surface area contributed by atoms with Crippen molar-refractivity contribution in [2.45, 2.75) is 38.6 Å². The summed E-state index contributed by atoms with van der Waals surface area (Å²) in [5.41, 5.74) is 7.01. The third-order valence-electron chi connectivity index (χ3n) is 2.46. The zero-order chi connectivity index (χ0) is 11.9. The Labute approximate surface area is 98.5 Å². The molecule has 16 heavy (non-hydrogen) atoms. The zero-order valence-corrected chi connectivity index (χ0v) is 10.4. The number of hydrogen-bond donors (Lipinski definition) is 2. The standard InChI is InChI=1S/C13H23N3/c1-13(2,14)8-5-9-15-11-7-12-6-3-4-10-16-12/h3-4,6,10,15H,5,7-9,11,14H2,1-2H3. The first-order valence-electron chi connectivity index (χ1n) is 5.97. The van der Waals surface area contributed by atoms with Crippen molar-refractivity contribution in [1.82, 2.24) is 10.3 Å². The van der Waals surface area contributed by atoms with Crippen molar-refractivity contribution in [3.63, 3.8) is 0 Å². The maximum absolute atomic E-state index is 5.90. The van der Waals surface area contributed by atoms with Crippen LogP contribution in [0.1, 0.15) is 32.4 Å². The van der Waals surface area contributed by atoms with E-state index < -0.39 is 0 Å². The van der Waals surface area contributed by atoms with Gasteiger partial charge in [-0.3, -0.25) is 4.98 Å². The maximum atomic E-state index is 5.90. The Kier molecular flexibility index (Phi) is 5.43. The Morgan fingerprint density at radius 3 is 2.75 bits per heavy atom. The molecule has 0 bridgehead atoms. The van der Waals surface area contributed by atoms with Gasteiger partial charge in [0.1, 0.15) is 0 Å². The van der Waals surface area contributed by atoms with Gasteiger partial charge >= 0.3 is 0 Å². The molecule has 1 heterocycles. The molecule has 0 unspecified atom stereocenters. The molecule has 0 aliphatic carbocycles. The van der Waals surface area contributed by atoms with Crippen LogP contribution in [0.3, 0.4) is 0 Å². The lowest BCUT2D eigenvalue weighted by atomic mass is 10.0. The molecule has 3 heteroatoms. The second-order valence-corrected chi connectivity index (χ2v) is 4.91. The SMILES string of the molecule is CC(C)(N)CCCNCCc1ccccn1. The molecule has 0 atom stereocenters. The van der Waals surface area contributed by atoms with Crippen LogP contribution in [-0.4, -0.2) is 23.6 Å². The number of nitrogens with two attached hydrogens (primary N) is 1. The molecular weight excluding hydrogens is 198 g/mol. The highest BCUT2D eigenvalue weighted by molar-refractivity contribution is 5.03. The van der Waals surface area contributed by atoms with Gasteiger partial charge in [-0.25, -0.2) is 0 Å². The molecule has 1 aromatic rings. The fourth-order valence-corrected chi connectivity index (χ4v) is 1.56. The van der Waals surface area contributed by atoms with Gasteiger partial charge in [-0.1, -0.05) is 6.07 Å². The molecule has 0 saturated heterocycles. The molecule has 3 nitrogen and oxygen atoms in total. The third kappa shape index (κ3) is 6.53. The van der Waals surface area contributed by atoms with Gasteiger partial charge < -0.3 is 11.1 Å². The van der Waals surface area contributed by atoms with Crippen LogP contribution >= 0.6 is 0 Å². The molecule has 90 valence electrons. The van der Waals surface area contributed by atoms with Crippen molar-refractivity contribution in [2.24, 2.45) is 5.73 Å². The van der Waals surface area contributed by atoms with E-state index in [9.17, 15) is 0 Å². The van der Waals surface area contributed by atoms with E-state index in [2.05, 4.69) is 30.2 Å². The molecule has 0 aliphatic rings. The summed E-state index contributed by atoms with van der Waals surface area (Å²) in [5.74, 6) is 0. The summed E-state index contributed by atoms with van der Waals surface area (Å²) >= 11 is 0. The second-order valence-electron chi connectivity index (χ2n) is 4.91. The van der Waals surface area contributed by atoms with Crippen LogP contribution in [-0.2, 0) is 6.42 Å². The fourth-order valence-electron chi connectivity index (χ4n) is 1.56.